The quantitative estimate of drug-likeness (QED) is 0.302. The molecule has 5 aromatic rings. The van der Waals surface area contributed by atoms with Gasteiger partial charge in [-0.1, -0.05) is 12.1 Å². The number of rotatable bonds is 5. The summed E-state index contributed by atoms with van der Waals surface area (Å²) in [6, 6.07) is 13.5. The first kappa shape index (κ1) is 18.8. The first-order valence-corrected chi connectivity index (χ1v) is 9.87. The summed E-state index contributed by atoms with van der Waals surface area (Å²) in [6.45, 7) is 0.774. The molecular formula is C23H21N7O. The minimum absolute atomic E-state index is 0.210. The normalized spacial score (nSPS) is 11.3. The summed E-state index contributed by atoms with van der Waals surface area (Å²) in [5.41, 5.74) is 11.7. The minimum atomic E-state index is -0.210. The third-order valence-electron chi connectivity index (χ3n) is 5.28. The average molecular weight is 411 g/mol. The molecule has 154 valence electrons. The topological polar surface area (TPSA) is 125 Å². The van der Waals surface area contributed by atoms with Crippen molar-refractivity contribution in [2.24, 2.45) is 0 Å². The Hall–Kier alpha value is -4.17. The molecule has 8 nitrogen and oxygen atoms in total. The zero-order chi connectivity index (χ0) is 21.4. The van der Waals surface area contributed by atoms with Crippen molar-refractivity contribution < 1.29 is 4.79 Å². The Balaban J connectivity index is 1.54. The Labute approximate surface area is 177 Å². The lowest BCUT2D eigenvalue weighted by Crippen LogP contribution is -2.13. The number of nitrogens with zero attached hydrogens (tertiary/aromatic N) is 2. The van der Waals surface area contributed by atoms with E-state index < -0.39 is 0 Å². The lowest BCUT2D eigenvalue weighted by Gasteiger charge is -2.09. The number of anilines is 2. The summed E-state index contributed by atoms with van der Waals surface area (Å²) in [5.74, 6) is 0.232. The standard InChI is InChI=1S/C23H21N7O/c1-25-9-13-2-4-16(5-3-13)29-23(31)18-7-14(6-15-10-28-30-22(15)18)19-11-26-20-12-27-21(24)8-17(19)20/h2-8,10-12,25-26H,9H2,1H3,(H2,24,27)(H,28,30)(H,29,31). The molecule has 0 saturated heterocycles. The predicted molar refractivity (Wildman–Crippen MR) is 123 cm³/mol. The van der Waals surface area contributed by atoms with Crippen LogP contribution in [-0.2, 0) is 6.54 Å². The number of amides is 1. The molecule has 31 heavy (non-hydrogen) atoms. The van der Waals surface area contributed by atoms with E-state index in [0.717, 1.165) is 45.2 Å². The van der Waals surface area contributed by atoms with Gasteiger partial charge in [0.05, 0.1) is 29.0 Å². The maximum Gasteiger partial charge on any atom is 0.257 e. The lowest BCUT2D eigenvalue weighted by atomic mass is 9.99. The van der Waals surface area contributed by atoms with Crippen LogP contribution in [0.1, 0.15) is 15.9 Å². The smallest absolute Gasteiger partial charge is 0.257 e. The van der Waals surface area contributed by atoms with Crippen LogP contribution in [0.25, 0.3) is 32.9 Å². The van der Waals surface area contributed by atoms with Gasteiger partial charge < -0.3 is 21.4 Å². The van der Waals surface area contributed by atoms with Crippen LogP contribution in [0.3, 0.4) is 0 Å². The third-order valence-corrected chi connectivity index (χ3v) is 5.28. The number of fused-ring (bicyclic) bond motifs is 2. The van der Waals surface area contributed by atoms with E-state index in [1.807, 2.05) is 55.7 Å². The Morgan fingerprint density at radius 2 is 1.97 bits per heavy atom. The summed E-state index contributed by atoms with van der Waals surface area (Å²) in [7, 11) is 1.90. The molecule has 3 heterocycles. The molecule has 2 aromatic carbocycles. The van der Waals surface area contributed by atoms with Gasteiger partial charge in [0.15, 0.2) is 0 Å². The molecule has 0 aliphatic carbocycles. The number of nitrogen functional groups attached to an aromatic ring is 1. The zero-order valence-corrected chi connectivity index (χ0v) is 16.9. The number of H-pyrrole nitrogens is 2. The number of aromatic amines is 2. The fourth-order valence-electron chi connectivity index (χ4n) is 3.78. The van der Waals surface area contributed by atoms with Crippen LogP contribution >= 0.6 is 0 Å². The summed E-state index contributed by atoms with van der Waals surface area (Å²) in [4.78, 5) is 20.5. The van der Waals surface area contributed by atoms with E-state index >= 15 is 0 Å². The third kappa shape index (κ3) is 3.49. The average Bonchev–Trinajstić information content (AvgIpc) is 3.41. The largest absolute Gasteiger partial charge is 0.384 e. The second-order valence-corrected chi connectivity index (χ2v) is 7.40. The van der Waals surface area contributed by atoms with Gasteiger partial charge in [0, 0.05) is 34.8 Å². The summed E-state index contributed by atoms with van der Waals surface area (Å²) in [6.07, 6.45) is 5.32. The molecule has 1 amide bonds. The van der Waals surface area contributed by atoms with Crippen LogP contribution in [0.15, 0.2) is 61.1 Å². The highest BCUT2D eigenvalue weighted by Crippen LogP contribution is 2.33. The number of pyridine rings is 1. The van der Waals surface area contributed by atoms with Crippen molar-refractivity contribution in [3.8, 4) is 11.1 Å². The SMILES string of the molecule is CNCc1ccc(NC(=O)c2cc(-c3c[nH]c4cnc(N)cc34)cc3cn[nH]c23)cc1. The van der Waals surface area contributed by atoms with Gasteiger partial charge in [-0.3, -0.25) is 9.89 Å². The maximum absolute atomic E-state index is 13.2. The first-order chi connectivity index (χ1) is 15.1. The van der Waals surface area contributed by atoms with Gasteiger partial charge >= 0.3 is 0 Å². The maximum atomic E-state index is 13.2. The van der Waals surface area contributed by atoms with Crippen LogP contribution < -0.4 is 16.4 Å². The highest BCUT2D eigenvalue weighted by Gasteiger charge is 2.16. The van der Waals surface area contributed by atoms with Crippen molar-refractivity contribution in [1.29, 1.82) is 0 Å². The molecule has 0 aliphatic heterocycles. The van der Waals surface area contributed by atoms with E-state index in [1.165, 1.54) is 0 Å². The van der Waals surface area contributed by atoms with Crippen LogP contribution in [-0.4, -0.2) is 33.1 Å². The summed E-state index contributed by atoms with van der Waals surface area (Å²) in [5, 5.41) is 15.0. The lowest BCUT2D eigenvalue weighted by molar-refractivity contribution is 0.102. The molecule has 0 saturated carbocycles. The number of carbonyl (C=O) groups is 1. The van der Waals surface area contributed by atoms with E-state index in [2.05, 4.69) is 30.8 Å². The fraction of sp³-hybridized carbons (Fsp3) is 0.0870. The molecule has 8 heteroatoms. The predicted octanol–water partition coefficient (Wildman–Crippen LogP) is 3.66. The van der Waals surface area contributed by atoms with E-state index in [4.69, 9.17) is 5.73 Å². The number of nitrogens with one attached hydrogen (secondary N) is 4. The Bertz CT molecular complexity index is 1400. The van der Waals surface area contributed by atoms with Crippen molar-refractivity contribution in [3.63, 3.8) is 0 Å². The van der Waals surface area contributed by atoms with E-state index in [1.54, 1.807) is 12.4 Å². The molecule has 0 atom stereocenters. The summed E-state index contributed by atoms with van der Waals surface area (Å²) < 4.78 is 0. The zero-order valence-electron chi connectivity index (χ0n) is 16.9. The van der Waals surface area contributed by atoms with Crippen molar-refractivity contribution in [2.45, 2.75) is 6.54 Å². The van der Waals surface area contributed by atoms with Crippen LogP contribution in [0.2, 0.25) is 0 Å². The number of carbonyl (C=O) groups excluding carboxylic acids is 1. The van der Waals surface area contributed by atoms with Gasteiger partial charge in [0.2, 0.25) is 0 Å². The van der Waals surface area contributed by atoms with Gasteiger partial charge in [0.25, 0.3) is 5.91 Å². The van der Waals surface area contributed by atoms with Gasteiger partial charge in [-0.25, -0.2) is 4.98 Å². The number of hydrogen-bond acceptors (Lipinski definition) is 5. The fourth-order valence-corrected chi connectivity index (χ4v) is 3.78. The molecular weight excluding hydrogens is 390 g/mol. The Morgan fingerprint density at radius 1 is 1.13 bits per heavy atom. The van der Waals surface area contributed by atoms with Gasteiger partial charge in [-0.05, 0) is 48.5 Å². The highest BCUT2D eigenvalue weighted by molar-refractivity contribution is 6.13. The van der Waals surface area contributed by atoms with Gasteiger partial charge in [-0.2, -0.15) is 5.10 Å². The van der Waals surface area contributed by atoms with Gasteiger partial charge in [0.1, 0.15) is 5.82 Å². The van der Waals surface area contributed by atoms with E-state index in [-0.39, 0.29) is 5.91 Å². The van der Waals surface area contributed by atoms with Gasteiger partial charge in [-0.15, -0.1) is 0 Å². The molecule has 6 N–H and O–H groups in total. The van der Waals surface area contributed by atoms with Crippen LogP contribution in [0.4, 0.5) is 11.5 Å². The number of nitrogens with two attached hydrogens (primary N) is 1. The Morgan fingerprint density at radius 3 is 2.77 bits per heavy atom. The molecule has 0 unspecified atom stereocenters. The highest BCUT2D eigenvalue weighted by atomic mass is 16.1. The summed E-state index contributed by atoms with van der Waals surface area (Å²) >= 11 is 0. The van der Waals surface area contributed by atoms with Crippen molar-refractivity contribution >= 4 is 39.2 Å². The van der Waals surface area contributed by atoms with Crippen LogP contribution in [0.5, 0.6) is 0 Å². The molecule has 0 spiro atoms. The molecule has 0 bridgehead atoms. The number of aromatic nitrogens is 4. The minimum Gasteiger partial charge on any atom is -0.384 e. The molecule has 0 fully saturated rings. The molecule has 0 aliphatic rings. The number of hydrogen-bond donors (Lipinski definition) is 5. The number of benzene rings is 2. The van der Waals surface area contributed by atoms with E-state index in [9.17, 15) is 4.79 Å². The monoisotopic (exact) mass is 411 g/mol. The van der Waals surface area contributed by atoms with Crippen LogP contribution in [0, 0.1) is 0 Å². The Kier molecular flexibility index (Phi) is 4.61. The van der Waals surface area contributed by atoms with Crippen molar-refractivity contribution in [3.05, 3.63) is 72.2 Å². The second-order valence-electron chi connectivity index (χ2n) is 7.40. The van der Waals surface area contributed by atoms with E-state index in [0.29, 0.717) is 16.9 Å². The van der Waals surface area contributed by atoms with Crippen molar-refractivity contribution in [1.82, 2.24) is 25.5 Å². The first-order valence-electron chi connectivity index (χ1n) is 9.87. The molecule has 3 aromatic heterocycles. The molecule has 0 radical (unpaired) electrons. The van der Waals surface area contributed by atoms with Crippen molar-refractivity contribution in [2.75, 3.05) is 18.1 Å². The second kappa shape index (κ2) is 7.58. The molecule has 5 rings (SSSR count).